The number of benzene rings is 1. The zero-order valence-corrected chi connectivity index (χ0v) is 18.4. The summed E-state index contributed by atoms with van der Waals surface area (Å²) < 4.78 is 5.40. The molecule has 0 bridgehead atoms. The predicted molar refractivity (Wildman–Crippen MR) is 117 cm³/mol. The Kier molecular flexibility index (Phi) is 7.15. The lowest BCUT2D eigenvalue weighted by atomic mass is 9.79. The van der Waals surface area contributed by atoms with E-state index >= 15 is 0 Å². The smallest absolute Gasteiger partial charge is 0.342 e. The molecule has 1 aliphatic carbocycles. The van der Waals surface area contributed by atoms with E-state index in [0.717, 1.165) is 12.8 Å². The molecule has 0 spiro atoms. The van der Waals surface area contributed by atoms with Crippen LogP contribution in [0.5, 0.6) is 0 Å². The number of hydrogen-bond donors (Lipinski definition) is 2. The number of hydrogen-bond acceptors (Lipinski definition) is 5. The van der Waals surface area contributed by atoms with Crippen LogP contribution in [0.3, 0.4) is 0 Å². The minimum absolute atomic E-state index is 0.234. The summed E-state index contributed by atoms with van der Waals surface area (Å²) in [4.78, 5) is 37.4. The van der Waals surface area contributed by atoms with Crippen LogP contribution in [0, 0.1) is 11.8 Å². The second-order valence-corrected chi connectivity index (χ2v) is 8.90. The Labute approximate surface area is 184 Å². The Bertz CT molecular complexity index is 955. The minimum Gasteiger partial charge on any atom is -0.481 e. The van der Waals surface area contributed by atoms with E-state index in [1.54, 1.807) is 37.4 Å². The van der Waals surface area contributed by atoms with Crippen LogP contribution >= 0.6 is 22.9 Å². The Morgan fingerprint density at radius 3 is 2.43 bits per heavy atom. The molecule has 1 heterocycles. The van der Waals surface area contributed by atoms with Crippen LogP contribution in [-0.2, 0) is 14.3 Å². The van der Waals surface area contributed by atoms with E-state index in [1.807, 2.05) is 6.07 Å². The maximum atomic E-state index is 12.9. The Morgan fingerprint density at radius 2 is 1.80 bits per heavy atom. The van der Waals surface area contributed by atoms with Crippen molar-refractivity contribution < 1.29 is 24.2 Å². The topological polar surface area (TPSA) is 92.7 Å². The van der Waals surface area contributed by atoms with Gasteiger partial charge in [0.05, 0.1) is 17.9 Å². The Balaban J connectivity index is 1.96. The number of aliphatic carboxylic acids is 1. The van der Waals surface area contributed by atoms with Crippen molar-refractivity contribution >= 4 is 45.8 Å². The highest BCUT2D eigenvalue weighted by Crippen LogP contribution is 2.40. The SMILES string of the molecule is CC(C)OC(=O)c1c(-c2ccccc2Cl)csc1NC(=O)[C@H]1CCCC[C@@H]1C(=O)O. The Hall–Kier alpha value is -2.38. The number of nitrogens with one attached hydrogen (secondary N) is 1. The zero-order valence-electron chi connectivity index (χ0n) is 16.8. The summed E-state index contributed by atoms with van der Waals surface area (Å²) in [5, 5.41) is 14.9. The molecule has 0 saturated heterocycles. The summed E-state index contributed by atoms with van der Waals surface area (Å²) in [6.45, 7) is 3.49. The van der Waals surface area contributed by atoms with Gasteiger partial charge in [0.2, 0.25) is 5.91 Å². The van der Waals surface area contributed by atoms with Gasteiger partial charge in [0.1, 0.15) is 10.6 Å². The van der Waals surface area contributed by atoms with Crippen LogP contribution in [0.2, 0.25) is 5.02 Å². The molecule has 30 heavy (non-hydrogen) atoms. The summed E-state index contributed by atoms with van der Waals surface area (Å²) in [6, 6.07) is 7.13. The highest BCUT2D eigenvalue weighted by Gasteiger charge is 2.36. The fraction of sp³-hybridized carbons (Fsp3) is 0.409. The standard InChI is InChI=1S/C22H24ClNO5S/c1-12(2)29-22(28)18-16(13-7-5-6-10-17(13)23)11-30-20(18)24-19(25)14-8-3-4-9-15(14)21(26)27/h5-7,10-12,14-15H,3-4,8-9H2,1-2H3,(H,24,25)(H,26,27)/t14-,15-/m0/s1. The van der Waals surface area contributed by atoms with E-state index in [-0.39, 0.29) is 17.6 Å². The van der Waals surface area contributed by atoms with Crippen molar-refractivity contribution in [2.45, 2.75) is 45.6 Å². The minimum atomic E-state index is -0.961. The molecule has 0 unspecified atom stereocenters. The molecule has 2 atom stereocenters. The monoisotopic (exact) mass is 449 g/mol. The number of amides is 1. The van der Waals surface area contributed by atoms with Gasteiger partial charge < -0.3 is 15.2 Å². The second-order valence-electron chi connectivity index (χ2n) is 7.61. The summed E-state index contributed by atoms with van der Waals surface area (Å²) in [5.74, 6) is -3.25. The normalized spacial score (nSPS) is 18.8. The van der Waals surface area contributed by atoms with Gasteiger partial charge in [-0.15, -0.1) is 11.3 Å². The van der Waals surface area contributed by atoms with E-state index in [9.17, 15) is 19.5 Å². The van der Waals surface area contributed by atoms with Crippen molar-refractivity contribution in [2.75, 3.05) is 5.32 Å². The number of esters is 1. The largest absolute Gasteiger partial charge is 0.481 e. The van der Waals surface area contributed by atoms with Crippen molar-refractivity contribution in [1.29, 1.82) is 0 Å². The van der Waals surface area contributed by atoms with Crippen LogP contribution in [-0.4, -0.2) is 29.1 Å². The first-order chi connectivity index (χ1) is 14.3. The first-order valence-corrected chi connectivity index (χ1v) is 11.2. The fourth-order valence-corrected chi connectivity index (χ4v) is 4.94. The Morgan fingerprint density at radius 1 is 1.13 bits per heavy atom. The van der Waals surface area contributed by atoms with Crippen LogP contribution in [0.4, 0.5) is 5.00 Å². The van der Waals surface area contributed by atoms with E-state index in [4.69, 9.17) is 16.3 Å². The fourth-order valence-electron chi connectivity index (χ4n) is 3.75. The van der Waals surface area contributed by atoms with Gasteiger partial charge in [-0.25, -0.2) is 4.79 Å². The lowest BCUT2D eigenvalue weighted by Gasteiger charge is -2.27. The number of anilines is 1. The first-order valence-electron chi connectivity index (χ1n) is 9.90. The van der Waals surface area contributed by atoms with Crippen molar-refractivity contribution in [3.8, 4) is 11.1 Å². The van der Waals surface area contributed by atoms with Crippen LogP contribution in [0.15, 0.2) is 29.6 Å². The summed E-state index contributed by atoms with van der Waals surface area (Å²) in [7, 11) is 0. The number of carbonyl (C=O) groups excluding carboxylic acids is 2. The molecule has 1 saturated carbocycles. The van der Waals surface area contributed by atoms with E-state index in [2.05, 4.69) is 5.32 Å². The molecule has 1 amide bonds. The van der Waals surface area contributed by atoms with E-state index in [1.165, 1.54) is 11.3 Å². The molecule has 3 rings (SSSR count). The molecule has 1 aromatic carbocycles. The highest BCUT2D eigenvalue weighted by atomic mass is 35.5. The molecule has 1 aliphatic rings. The number of thiophene rings is 1. The van der Waals surface area contributed by atoms with Crippen LogP contribution < -0.4 is 5.32 Å². The number of halogens is 1. The lowest BCUT2D eigenvalue weighted by molar-refractivity contribution is -0.147. The number of rotatable bonds is 6. The molecule has 0 radical (unpaired) electrons. The van der Waals surface area contributed by atoms with Crippen LogP contribution in [0.25, 0.3) is 11.1 Å². The maximum Gasteiger partial charge on any atom is 0.342 e. The molecule has 2 aromatic rings. The molecule has 1 fully saturated rings. The summed E-state index contributed by atoms with van der Waals surface area (Å²) in [5.41, 5.74) is 1.47. The van der Waals surface area contributed by atoms with Gasteiger partial charge in [-0.3, -0.25) is 9.59 Å². The number of carbonyl (C=O) groups is 3. The lowest BCUT2D eigenvalue weighted by Crippen LogP contribution is -2.36. The van der Waals surface area contributed by atoms with Gasteiger partial charge in [0.25, 0.3) is 0 Å². The molecule has 1 aromatic heterocycles. The third kappa shape index (κ3) is 4.84. The van der Waals surface area contributed by atoms with Gasteiger partial charge in [0, 0.05) is 21.5 Å². The summed E-state index contributed by atoms with van der Waals surface area (Å²) >= 11 is 7.53. The van der Waals surface area contributed by atoms with Gasteiger partial charge in [-0.05, 0) is 32.8 Å². The van der Waals surface area contributed by atoms with Gasteiger partial charge >= 0.3 is 11.9 Å². The predicted octanol–water partition coefficient (Wildman–Crippen LogP) is 5.46. The van der Waals surface area contributed by atoms with E-state index in [0.29, 0.717) is 34.0 Å². The molecule has 6 nitrogen and oxygen atoms in total. The molecular formula is C22H24ClNO5S. The van der Waals surface area contributed by atoms with Gasteiger partial charge in [-0.2, -0.15) is 0 Å². The van der Waals surface area contributed by atoms with Gasteiger partial charge in [-0.1, -0.05) is 42.6 Å². The molecule has 8 heteroatoms. The molecule has 0 aliphatic heterocycles. The average molecular weight is 450 g/mol. The van der Waals surface area contributed by atoms with E-state index < -0.39 is 23.8 Å². The average Bonchev–Trinajstić information content (AvgIpc) is 3.11. The number of carboxylic acids is 1. The van der Waals surface area contributed by atoms with Crippen molar-refractivity contribution in [3.63, 3.8) is 0 Å². The first kappa shape index (κ1) is 22.3. The molecule has 160 valence electrons. The number of ether oxygens (including phenoxy) is 1. The maximum absolute atomic E-state index is 12.9. The highest BCUT2D eigenvalue weighted by molar-refractivity contribution is 7.15. The second kappa shape index (κ2) is 9.62. The van der Waals surface area contributed by atoms with Crippen molar-refractivity contribution in [3.05, 3.63) is 40.2 Å². The van der Waals surface area contributed by atoms with Crippen molar-refractivity contribution in [1.82, 2.24) is 0 Å². The third-order valence-electron chi connectivity index (χ3n) is 5.16. The zero-order chi connectivity index (χ0) is 21.8. The van der Waals surface area contributed by atoms with Crippen LogP contribution in [0.1, 0.15) is 49.9 Å². The third-order valence-corrected chi connectivity index (χ3v) is 6.38. The summed E-state index contributed by atoms with van der Waals surface area (Å²) in [6.07, 6.45) is 2.25. The number of carboxylic acid groups (broad SMARTS) is 1. The van der Waals surface area contributed by atoms with Crippen molar-refractivity contribution in [2.24, 2.45) is 11.8 Å². The van der Waals surface area contributed by atoms with Gasteiger partial charge in [0.15, 0.2) is 0 Å². The quantitative estimate of drug-likeness (QED) is 0.571. The molecule has 2 N–H and O–H groups in total. The molecular weight excluding hydrogens is 426 g/mol.